The number of thioether (sulfide) groups is 1. The number of carbonyl (C=O) groups is 1. The van der Waals surface area contributed by atoms with Crippen LogP contribution >= 0.6 is 35.0 Å². The van der Waals surface area contributed by atoms with E-state index < -0.39 is 0 Å². The van der Waals surface area contributed by atoms with Crippen molar-refractivity contribution in [1.29, 1.82) is 0 Å². The minimum Gasteiger partial charge on any atom is -0.272 e. The summed E-state index contributed by atoms with van der Waals surface area (Å²) in [6.07, 6.45) is 4.81. The second-order valence-corrected chi connectivity index (χ2v) is 8.19. The first-order valence-electron chi connectivity index (χ1n) is 9.43. The summed E-state index contributed by atoms with van der Waals surface area (Å²) in [6, 6.07) is 18.6. The number of hydrogen-bond donors (Lipinski definition) is 1. The Labute approximate surface area is 198 Å². The fraction of sp³-hybridized carbons (Fsp3) is 0.0455. The van der Waals surface area contributed by atoms with Gasteiger partial charge in [0, 0.05) is 29.2 Å². The maximum Gasteiger partial charge on any atom is 0.250 e. The molecule has 0 saturated carbocycles. The summed E-state index contributed by atoms with van der Waals surface area (Å²) in [7, 11) is 0. The minimum absolute atomic E-state index is 0.0922. The van der Waals surface area contributed by atoms with Crippen LogP contribution in [-0.2, 0) is 4.79 Å². The summed E-state index contributed by atoms with van der Waals surface area (Å²) in [4.78, 5) is 16.4. The smallest absolute Gasteiger partial charge is 0.250 e. The Morgan fingerprint density at radius 2 is 1.72 bits per heavy atom. The third kappa shape index (κ3) is 5.16. The molecule has 0 aliphatic carbocycles. The predicted molar refractivity (Wildman–Crippen MR) is 128 cm³/mol. The van der Waals surface area contributed by atoms with Crippen molar-refractivity contribution in [3.05, 3.63) is 88.7 Å². The molecule has 7 nitrogen and oxygen atoms in total. The molecule has 0 bridgehead atoms. The van der Waals surface area contributed by atoms with E-state index in [1.807, 2.05) is 47.0 Å². The van der Waals surface area contributed by atoms with Crippen LogP contribution in [0.15, 0.2) is 83.3 Å². The van der Waals surface area contributed by atoms with E-state index in [9.17, 15) is 4.79 Å². The van der Waals surface area contributed by atoms with Gasteiger partial charge in [-0.2, -0.15) is 5.10 Å². The van der Waals surface area contributed by atoms with Gasteiger partial charge >= 0.3 is 0 Å². The van der Waals surface area contributed by atoms with Crippen molar-refractivity contribution < 1.29 is 4.79 Å². The highest BCUT2D eigenvalue weighted by Gasteiger charge is 2.17. The summed E-state index contributed by atoms with van der Waals surface area (Å²) >= 11 is 13.5. The number of benzene rings is 2. The van der Waals surface area contributed by atoms with E-state index >= 15 is 0 Å². The minimum atomic E-state index is -0.303. The van der Waals surface area contributed by atoms with Crippen LogP contribution in [0.4, 0.5) is 0 Å². The molecule has 0 fully saturated rings. The molecule has 2 aromatic carbocycles. The summed E-state index contributed by atoms with van der Waals surface area (Å²) < 4.78 is 1.90. The van der Waals surface area contributed by atoms with E-state index in [4.69, 9.17) is 23.2 Å². The number of carbonyl (C=O) groups excluding carboxylic acids is 1. The maximum absolute atomic E-state index is 12.3. The van der Waals surface area contributed by atoms with Crippen LogP contribution in [-0.4, -0.2) is 37.6 Å². The average molecular weight is 483 g/mol. The van der Waals surface area contributed by atoms with Gasteiger partial charge in [-0.3, -0.25) is 14.3 Å². The lowest BCUT2D eigenvalue weighted by atomic mass is 10.2. The number of para-hydroxylation sites is 1. The number of hydrazone groups is 1. The largest absolute Gasteiger partial charge is 0.272 e. The molecule has 0 spiro atoms. The summed E-state index contributed by atoms with van der Waals surface area (Å²) in [6.45, 7) is 0. The number of rotatable bonds is 7. The normalized spacial score (nSPS) is 11.1. The van der Waals surface area contributed by atoms with Crippen molar-refractivity contribution in [2.45, 2.75) is 5.16 Å². The van der Waals surface area contributed by atoms with E-state index in [0.29, 0.717) is 26.6 Å². The fourth-order valence-electron chi connectivity index (χ4n) is 2.83. The zero-order valence-corrected chi connectivity index (χ0v) is 18.8. The fourth-order valence-corrected chi connectivity index (χ4v) is 4.07. The van der Waals surface area contributed by atoms with Crippen molar-refractivity contribution in [3.8, 4) is 17.1 Å². The lowest BCUT2D eigenvalue weighted by molar-refractivity contribution is -0.118. The van der Waals surface area contributed by atoms with E-state index in [1.165, 1.54) is 18.0 Å². The number of nitrogens with zero attached hydrogens (tertiary/aromatic N) is 5. The molecule has 0 atom stereocenters. The van der Waals surface area contributed by atoms with Gasteiger partial charge in [-0.25, -0.2) is 5.43 Å². The second kappa shape index (κ2) is 10.4. The first kappa shape index (κ1) is 22.0. The van der Waals surface area contributed by atoms with Gasteiger partial charge < -0.3 is 0 Å². The van der Waals surface area contributed by atoms with Crippen LogP contribution in [0, 0.1) is 0 Å². The lowest BCUT2D eigenvalue weighted by Gasteiger charge is -2.10. The molecule has 0 saturated heterocycles. The number of hydrogen-bond acceptors (Lipinski definition) is 6. The van der Waals surface area contributed by atoms with Gasteiger partial charge in [0.05, 0.1) is 22.0 Å². The molecule has 0 aliphatic rings. The zero-order chi connectivity index (χ0) is 22.3. The Hall–Kier alpha value is -3.20. The van der Waals surface area contributed by atoms with Crippen molar-refractivity contribution in [3.63, 3.8) is 0 Å². The van der Waals surface area contributed by atoms with E-state index in [-0.39, 0.29) is 11.7 Å². The Morgan fingerprint density at radius 1 is 1.00 bits per heavy atom. The van der Waals surface area contributed by atoms with Crippen LogP contribution in [0.3, 0.4) is 0 Å². The van der Waals surface area contributed by atoms with Crippen LogP contribution < -0.4 is 5.43 Å². The number of pyridine rings is 1. The van der Waals surface area contributed by atoms with Crippen molar-refractivity contribution in [1.82, 2.24) is 25.2 Å². The molecule has 2 heterocycles. The molecule has 0 radical (unpaired) electrons. The molecule has 4 aromatic rings. The molecule has 10 heteroatoms. The number of halogens is 2. The molecular formula is C22H16Cl2N6OS. The molecule has 0 aliphatic heterocycles. The molecule has 1 N–H and O–H groups in total. The standard InChI is InChI=1S/C22H16Cl2N6OS/c23-18-7-4-8-19(24)17(18)13-26-27-20(31)14-32-22-29-28-21(15-9-11-25-12-10-15)30(22)16-5-2-1-3-6-16/h1-13H,14H2,(H,27,31)/b26-13+. The molecule has 4 rings (SSSR count). The second-order valence-electron chi connectivity index (χ2n) is 6.43. The van der Waals surface area contributed by atoms with E-state index in [2.05, 4.69) is 25.7 Å². The van der Waals surface area contributed by atoms with Gasteiger partial charge in [0.25, 0.3) is 5.91 Å². The highest BCUT2D eigenvalue weighted by molar-refractivity contribution is 7.99. The molecule has 2 aromatic heterocycles. The molecule has 160 valence electrons. The van der Waals surface area contributed by atoms with Gasteiger partial charge in [-0.15, -0.1) is 10.2 Å². The Morgan fingerprint density at radius 3 is 2.44 bits per heavy atom. The van der Waals surface area contributed by atoms with Crippen LogP contribution in [0.5, 0.6) is 0 Å². The topological polar surface area (TPSA) is 85.1 Å². The van der Waals surface area contributed by atoms with Gasteiger partial charge in [0.1, 0.15) is 0 Å². The Bertz CT molecular complexity index is 1230. The van der Waals surface area contributed by atoms with Gasteiger partial charge in [-0.05, 0) is 36.4 Å². The van der Waals surface area contributed by atoms with Crippen LogP contribution in [0.25, 0.3) is 17.1 Å². The number of nitrogens with one attached hydrogen (secondary N) is 1. The third-order valence-electron chi connectivity index (χ3n) is 4.30. The highest BCUT2D eigenvalue weighted by Crippen LogP contribution is 2.27. The van der Waals surface area contributed by atoms with Gasteiger partial charge in [0.2, 0.25) is 0 Å². The summed E-state index contributed by atoms with van der Waals surface area (Å²) in [5.41, 5.74) is 4.77. The van der Waals surface area contributed by atoms with Crippen LogP contribution in [0.2, 0.25) is 10.0 Å². The zero-order valence-electron chi connectivity index (χ0n) is 16.5. The lowest BCUT2D eigenvalue weighted by Crippen LogP contribution is -2.20. The van der Waals surface area contributed by atoms with Crippen LogP contribution in [0.1, 0.15) is 5.56 Å². The van der Waals surface area contributed by atoms with Crippen molar-refractivity contribution in [2.75, 3.05) is 5.75 Å². The summed E-state index contributed by atoms with van der Waals surface area (Å²) in [5.74, 6) is 0.449. The Balaban J connectivity index is 1.49. The predicted octanol–water partition coefficient (Wildman–Crippen LogP) is 4.88. The van der Waals surface area contributed by atoms with Gasteiger partial charge in [0.15, 0.2) is 11.0 Å². The van der Waals surface area contributed by atoms with Crippen molar-refractivity contribution >= 4 is 47.1 Å². The maximum atomic E-state index is 12.3. The van der Waals surface area contributed by atoms with Crippen molar-refractivity contribution in [2.24, 2.45) is 5.10 Å². The van der Waals surface area contributed by atoms with Gasteiger partial charge in [-0.1, -0.05) is 59.2 Å². The highest BCUT2D eigenvalue weighted by atomic mass is 35.5. The summed E-state index contributed by atoms with van der Waals surface area (Å²) in [5, 5.41) is 14.1. The van der Waals surface area contributed by atoms with E-state index in [1.54, 1.807) is 30.6 Å². The molecule has 0 unspecified atom stereocenters. The first-order chi connectivity index (χ1) is 15.6. The van der Waals surface area contributed by atoms with E-state index in [0.717, 1.165) is 11.3 Å². The third-order valence-corrected chi connectivity index (χ3v) is 5.89. The molecule has 1 amide bonds. The molecular weight excluding hydrogens is 467 g/mol. The number of amides is 1. The quantitative estimate of drug-likeness (QED) is 0.230. The Kier molecular flexibility index (Phi) is 7.16. The average Bonchev–Trinajstić information content (AvgIpc) is 3.25. The first-order valence-corrected chi connectivity index (χ1v) is 11.2. The SMILES string of the molecule is O=C(CSc1nnc(-c2ccncc2)n1-c1ccccc1)N/N=C/c1c(Cl)cccc1Cl. The number of aromatic nitrogens is 4. The molecule has 32 heavy (non-hydrogen) atoms. The monoisotopic (exact) mass is 482 g/mol.